The van der Waals surface area contributed by atoms with Crippen LogP contribution < -0.4 is 5.32 Å². The molecule has 2 aromatic carbocycles. The fourth-order valence-electron chi connectivity index (χ4n) is 2.63. The highest BCUT2D eigenvalue weighted by molar-refractivity contribution is 6.32. The van der Waals surface area contributed by atoms with Gasteiger partial charge in [0.05, 0.1) is 17.9 Å². The minimum atomic E-state index is -0.798. The lowest BCUT2D eigenvalue weighted by atomic mass is 10.2. The molecule has 150 valence electrons. The normalized spacial score (nSPS) is 10.6. The molecule has 3 aromatic rings. The molecular weight excluding hydrogens is 420 g/mol. The van der Waals surface area contributed by atoms with Crippen molar-refractivity contribution in [3.63, 3.8) is 0 Å². The van der Waals surface area contributed by atoms with Crippen LogP contribution in [0, 0.1) is 12.7 Å². The van der Waals surface area contributed by atoms with Crippen molar-refractivity contribution in [3.05, 3.63) is 81.3 Å². The van der Waals surface area contributed by atoms with Crippen LogP contribution in [0.15, 0.2) is 48.5 Å². The molecule has 0 aliphatic heterocycles. The standard InChI is InChI=1S/C20H16Cl2FN3O3/c1-12-18(19(22)26(25-12)10-13-5-3-2-4-6-13)20(28)29-11-17(27)24-16-9-14(21)7-8-15(16)23/h2-9H,10-11H2,1H3,(H,24,27). The second-order valence-electron chi connectivity index (χ2n) is 6.14. The first-order valence-electron chi connectivity index (χ1n) is 8.54. The van der Waals surface area contributed by atoms with Gasteiger partial charge in [-0.15, -0.1) is 0 Å². The van der Waals surface area contributed by atoms with Crippen molar-refractivity contribution in [1.29, 1.82) is 0 Å². The Kier molecular flexibility index (Phi) is 6.51. The Morgan fingerprint density at radius 3 is 2.62 bits per heavy atom. The molecule has 0 bridgehead atoms. The quantitative estimate of drug-likeness (QED) is 0.579. The zero-order valence-corrected chi connectivity index (χ0v) is 16.8. The molecule has 29 heavy (non-hydrogen) atoms. The number of benzene rings is 2. The number of anilines is 1. The average Bonchev–Trinajstić information content (AvgIpc) is 2.97. The van der Waals surface area contributed by atoms with Gasteiger partial charge in [0.25, 0.3) is 5.91 Å². The molecule has 1 N–H and O–H groups in total. The largest absolute Gasteiger partial charge is 0.452 e. The average molecular weight is 436 g/mol. The van der Waals surface area contributed by atoms with Crippen LogP contribution in [-0.4, -0.2) is 28.3 Å². The number of ether oxygens (including phenoxy) is 1. The van der Waals surface area contributed by atoms with E-state index in [0.29, 0.717) is 12.2 Å². The number of aromatic nitrogens is 2. The van der Waals surface area contributed by atoms with Gasteiger partial charge in [-0.2, -0.15) is 5.10 Å². The van der Waals surface area contributed by atoms with Gasteiger partial charge in [0.15, 0.2) is 6.61 Å². The second-order valence-corrected chi connectivity index (χ2v) is 6.94. The third kappa shape index (κ3) is 5.13. The van der Waals surface area contributed by atoms with Crippen molar-refractivity contribution in [2.45, 2.75) is 13.5 Å². The topological polar surface area (TPSA) is 73.2 Å². The Hall–Kier alpha value is -2.90. The van der Waals surface area contributed by atoms with Gasteiger partial charge in [0.1, 0.15) is 16.5 Å². The predicted octanol–water partition coefficient (Wildman–Crippen LogP) is 4.48. The highest BCUT2D eigenvalue weighted by atomic mass is 35.5. The second kappa shape index (κ2) is 9.07. The van der Waals surface area contributed by atoms with Gasteiger partial charge in [0.2, 0.25) is 0 Å². The molecule has 0 unspecified atom stereocenters. The van der Waals surface area contributed by atoms with Crippen molar-refractivity contribution >= 4 is 40.8 Å². The Balaban J connectivity index is 1.65. The maximum atomic E-state index is 13.7. The minimum Gasteiger partial charge on any atom is -0.452 e. The van der Waals surface area contributed by atoms with Gasteiger partial charge >= 0.3 is 5.97 Å². The fourth-order valence-corrected chi connectivity index (χ4v) is 3.11. The molecule has 0 saturated carbocycles. The maximum Gasteiger partial charge on any atom is 0.343 e. The number of aryl methyl sites for hydroxylation is 1. The number of amides is 1. The lowest BCUT2D eigenvalue weighted by Gasteiger charge is -2.08. The summed E-state index contributed by atoms with van der Waals surface area (Å²) in [5.74, 6) is -2.17. The summed E-state index contributed by atoms with van der Waals surface area (Å²) < 4.78 is 20.2. The van der Waals surface area contributed by atoms with Crippen LogP contribution in [0.3, 0.4) is 0 Å². The van der Waals surface area contributed by atoms with Gasteiger partial charge in [-0.3, -0.25) is 4.79 Å². The van der Waals surface area contributed by atoms with Crippen LogP contribution in [0.5, 0.6) is 0 Å². The molecule has 0 atom stereocenters. The molecule has 0 spiro atoms. The lowest BCUT2D eigenvalue weighted by Crippen LogP contribution is -2.21. The molecule has 0 fully saturated rings. The van der Waals surface area contributed by atoms with Gasteiger partial charge in [-0.25, -0.2) is 13.9 Å². The number of rotatable bonds is 6. The molecule has 0 radical (unpaired) electrons. The Bertz CT molecular complexity index is 1050. The molecule has 1 aromatic heterocycles. The van der Waals surface area contributed by atoms with Crippen LogP contribution in [0.2, 0.25) is 10.2 Å². The summed E-state index contributed by atoms with van der Waals surface area (Å²) in [5, 5.41) is 6.92. The number of carbonyl (C=O) groups excluding carboxylic acids is 2. The van der Waals surface area contributed by atoms with E-state index >= 15 is 0 Å². The molecule has 6 nitrogen and oxygen atoms in total. The van der Waals surface area contributed by atoms with Gasteiger partial charge in [-0.05, 0) is 30.7 Å². The fraction of sp³-hybridized carbons (Fsp3) is 0.150. The van der Waals surface area contributed by atoms with Gasteiger partial charge < -0.3 is 10.1 Å². The van der Waals surface area contributed by atoms with Crippen LogP contribution >= 0.6 is 23.2 Å². The number of nitrogens with zero attached hydrogens (tertiary/aromatic N) is 2. The van der Waals surface area contributed by atoms with Crippen molar-refractivity contribution in [3.8, 4) is 0 Å². The first kappa shape index (κ1) is 20.8. The first-order chi connectivity index (χ1) is 13.8. The maximum absolute atomic E-state index is 13.7. The molecule has 0 aliphatic rings. The summed E-state index contributed by atoms with van der Waals surface area (Å²) in [4.78, 5) is 24.4. The summed E-state index contributed by atoms with van der Waals surface area (Å²) >= 11 is 12.1. The Morgan fingerprint density at radius 2 is 1.90 bits per heavy atom. The smallest absolute Gasteiger partial charge is 0.343 e. The Labute approximate surface area is 176 Å². The van der Waals surface area contributed by atoms with Crippen LogP contribution in [0.1, 0.15) is 21.6 Å². The minimum absolute atomic E-state index is 0.0735. The monoisotopic (exact) mass is 435 g/mol. The zero-order valence-electron chi connectivity index (χ0n) is 15.3. The van der Waals surface area contributed by atoms with E-state index in [-0.39, 0.29) is 21.4 Å². The molecule has 1 amide bonds. The van der Waals surface area contributed by atoms with E-state index in [1.165, 1.54) is 16.8 Å². The van der Waals surface area contributed by atoms with E-state index in [4.69, 9.17) is 27.9 Å². The molecule has 1 heterocycles. The van der Waals surface area contributed by atoms with Crippen molar-refractivity contribution in [2.24, 2.45) is 0 Å². The number of carbonyl (C=O) groups is 2. The van der Waals surface area contributed by atoms with E-state index < -0.39 is 24.3 Å². The predicted molar refractivity (Wildman–Crippen MR) is 108 cm³/mol. The molecule has 0 saturated heterocycles. The van der Waals surface area contributed by atoms with Crippen LogP contribution in [-0.2, 0) is 16.1 Å². The summed E-state index contributed by atoms with van der Waals surface area (Å²) in [6, 6.07) is 13.2. The highest BCUT2D eigenvalue weighted by Crippen LogP contribution is 2.22. The lowest BCUT2D eigenvalue weighted by molar-refractivity contribution is -0.119. The highest BCUT2D eigenvalue weighted by Gasteiger charge is 2.22. The summed E-state index contributed by atoms with van der Waals surface area (Å²) in [7, 11) is 0. The van der Waals surface area contributed by atoms with Gasteiger partial charge in [0, 0.05) is 5.02 Å². The number of esters is 1. The first-order valence-corrected chi connectivity index (χ1v) is 9.29. The number of nitrogens with one attached hydrogen (secondary N) is 1. The van der Waals surface area contributed by atoms with Crippen molar-refractivity contribution in [2.75, 3.05) is 11.9 Å². The number of halogens is 3. The van der Waals surface area contributed by atoms with E-state index in [1.54, 1.807) is 6.92 Å². The molecule has 9 heteroatoms. The SMILES string of the molecule is Cc1nn(Cc2ccccc2)c(Cl)c1C(=O)OCC(=O)Nc1cc(Cl)ccc1F. The van der Waals surface area contributed by atoms with E-state index in [2.05, 4.69) is 10.4 Å². The van der Waals surface area contributed by atoms with E-state index in [1.807, 2.05) is 30.3 Å². The summed E-state index contributed by atoms with van der Waals surface area (Å²) in [5.41, 5.74) is 1.30. The van der Waals surface area contributed by atoms with Gasteiger partial charge in [-0.1, -0.05) is 53.5 Å². The number of hydrogen-bond acceptors (Lipinski definition) is 4. The molecule has 0 aliphatic carbocycles. The number of hydrogen-bond donors (Lipinski definition) is 1. The molecular formula is C20H16Cl2FN3O3. The molecule has 3 rings (SSSR count). The van der Waals surface area contributed by atoms with Crippen molar-refractivity contribution in [1.82, 2.24) is 9.78 Å². The van der Waals surface area contributed by atoms with Crippen LogP contribution in [0.25, 0.3) is 0 Å². The Morgan fingerprint density at radius 1 is 1.17 bits per heavy atom. The van der Waals surface area contributed by atoms with Crippen molar-refractivity contribution < 1.29 is 18.7 Å². The van der Waals surface area contributed by atoms with E-state index in [9.17, 15) is 14.0 Å². The van der Waals surface area contributed by atoms with E-state index in [0.717, 1.165) is 11.6 Å². The third-order valence-electron chi connectivity index (χ3n) is 3.98. The summed E-state index contributed by atoms with van der Waals surface area (Å²) in [6.07, 6.45) is 0. The van der Waals surface area contributed by atoms with Crippen LogP contribution in [0.4, 0.5) is 10.1 Å². The summed E-state index contributed by atoms with van der Waals surface area (Å²) in [6.45, 7) is 1.37. The third-order valence-corrected chi connectivity index (χ3v) is 4.60. The zero-order chi connectivity index (χ0) is 21.0.